The highest BCUT2D eigenvalue weighted by molar-refractivity contribution is 7.84. The van der Waals surface area contributed by atoms with Crippen LogP contribution in [-0.2, 0) is 16.6 Å². The predicted molar refractivity (Wildman–Crippen MR) is 88.6 cm³/mol. The minimum absolute atomic E-state index is 0.201. The highest BCUT2D eigenvalue weighted by Gasteiger charge is 2.42. The lowest BCUT2D eigenvalue weighted by Crippen LogP contribution is -2.53. The van der Waals surface area contributed by atoms with E-state index in [0.717, 1.165) is 24.8 Å². The maximum absolute atomic E-state index is 12.4. The third-order valence-electron chi connectivity index (χ3n) is 4.03. The van der Waals surface area contributed by atoms with Gasteiger partial charge in [-0.25, -0.2) is 8.93 Å². The summed E-state index contributed by atoms with van der Waals surface area (Å²) >= 11 is 5.93. The Bertz CT molecular complexity index is 512. The van der Waals surface area contributed by atoms with Crippen molar-refractivity contribution in [2.45, 2.75) is 62.8 Å². The van der Waals surface area contributed by atoms with Crippen LogP contribution >= 0.6 is 11.6 Å². The molecule has 0 saturated heterocycles. The topological polar surface area (TPSA) is 49.3 Å². The van der Waals surface area contributed by atoms with E-state index < -0.39 is 16.6 Å². The van der Waals surface area contributed by atoms with E-state index >= 15 is 0 Å². The molecule has 3 atom stereocenters. The lowest BCUT2D eigenvalue weighted by atomic mass is 9.76. The zero-order valence-corrected chi connectivity index (χ0v) is 14.4. The van der Waals surface area contributed by atoms with Crippen LogP contribution in [0.25, 0.3) is 0 Å². The van der Waals surface area contributed by atoms with Gasteiger partial charge in [-0.2, -0.15) is 0 Å². The third-order valence-corrected chi connectivity index (χ3v) is 5.89. The Balaban J connectivity index is 2.25. The van der Waals surface area contributed by atoms with Crippen LogP contribution in [0.15, 0.2) is 24.3 Å². The highest BCUT2D eigenvalue weighted by atomic mass is 35.5. The van der Waals surface area contributed by atoms with Crippen LogP contribution < -0.4 is 4.72 Å². The van der Waals surface area contributed by atoms with Crippen LogP contribution in [-0.4, -0.2) is 20.1 Å². The molecule has 1 aromatic rings. The monoisotopic (exact) mass is 329 g/mol. The molecule has 5 heteroatoms. The molecule has 1 fully saturated rings. The summed E-state index contributed by atoms with van der Waals surface area (Å²) in [5.74, 6) is 0. The Hall–Kier alpha value is -0.420. The highest BCUT2D eigenvalue weighted by Crippen LogP contribution is 2.38. The summed E-state index contributed by atoms with van der Waals surface area (Å²) in [5, 5.41) is 11.8. The van der Waals surface area contributed by atoms with Gasteiger partial charge in [0.05, 0.1) is 21.8 Å². The van der Waals surface area contributed by atoms with E-state index in [0.29, 0.717) is 11.4 Å². The molecule has 1 saturated carbocycles. The summed E-state index contributed by atoms with van der Waals surface area (Å²) in [7, 11) is -1.20. The van der Waals surface area contributed by atoms with Crippen molar-refractivity contribution < 1.29 is 9.32 Å². The first kappa shape index (κ1) is 16.9. The average Bonchev–Trinajstić information content (AvgIpc) is 2.41. The van der Waals surface area contributed by atoms with Gasteiger partial charge in [0.15, 0.2) is 0 Å². The van der Waals surface area contributed by atoms with Crippen LogP contribution in [0.5, 0.6) is 0 Å². The first-order valence-electron chi connectivity index (χ1n) is 7.40. The standard InChI is InChI=1S/C16H24ClNO2S/c1-15(2,3)21(20)18-14-6-4-5-11-16(14,19)12-7-9-13(17)10-8-12/h7-10,14,18-19H,4-6,11H2,1-3H3/t14-,16+,21?/m0/s1. The van der Waals surface area contributed by atoms with Crippen LogP contribution in [0.2, 0.25) is 5.02 Å². The minimum atomic E-state index is -1.20. The van der Waals surface area contributed by atoms with Gasteiger partial charge in [-0.15, -0.1) is 0 Å². The van der Waals surface area contributed by atoms with Crippen molar-refractivity contribution in [3.63, 3.8) is 0 Å². The Morgan fingerprint density at radius 2 is 1.90 bits per heavy atom. The second-order valence-corrected chi connectivity index (χ2v) is 9.16. The number of benzene rings is 1. The summed E-state index contributed by atoms with van der Waals surface area (Å²) in [6, 6.07) is 7.11. The van der Waals surface area contributed by atoms with Crippen molar-refractivity contribution in [2.75, 3.05) is 0 Å². The maximum atomic E-state index is 12.4. The Morgan fingerprint density at radius 1 is 1.29 bits per heavy atom. The zero-order valence-electron chi connectivity index (χ0n) is 12.9. The lowest BCUT2D eigenvalue weighted by Gasteiger charge is -2.41. The number of halogens is 1. The molecule has 0 aliphatic heterocycles. The first-order valence-corrected chi connectivity index (χ1v) is 8.93. The van der Waals surface area contributed by atoms with Crippen molar-refractivity contribution in [3.8, 4) is 0 Å². The molecule has 0 amide bonds. The Morgan fingerprint density at radius 3 is 2.48 bits per heavy atom. The number of hydrogen-bond donors (Lipinski definition) is 2. The first-order chi connectivity index (χ1) is 9.73. The fourth-order valence-electron chi connectivity index (χ4n) is 2.70. The molecular formula is C16H24ClNO2S. The van der Waals surface area contributed by atoms with E-state index in [-0.39, 0.29) is 10.8 Å². The summed E-state index contributed by atoms with van der Waals surface area (Å²) in [6.45, 7) is 5.79. The average molecular weight is 330 g/mol. The van der Waals surface area contributed by atoms with Gasteiger partial charge in [0.1, 0.15) is 5.60 Å². The zero-order chi connectivity index (χ0) is 15.7. The van der Waals surface area contributed by atoms with E-state index in [9.17, 15) is 9.32 Å². The number of rotatable bonds is 3. The summed E-state index contributed by atoms with van der Waals surface area (Å²) in [5.41, 5.74) is -0.140. The minimum Gasteiger partial charge on any atom is -0.383 e. The summed E-state index contributed by atoms with van der Waals surface area (Å²) in [6.07, 6.45) is 3.50. The van der Waals surface area contributed by atoms with Gasteiger partial charge in [0, 0.05) is 5.02 Å². The fraction of sp³-hybridized carbons (Fsp3) is 0.625. The molecule has 118 valence electrons. The molecular weight excluding hydrogens is 306 g/mol. The molecule has 1 aliphatic carbocycles. The third kappa shape index (κ3) is 3.86. The van der Waals surface area contributed by atoms with Gasteiger partial charge in [-0.05, 0) is 51.3 Å². The van der Waals surface area contributed by atoms with Crippen LogP contribution in [0.3, 0.4) is 0 Å². The van der Waals surface area contributed by atoms with Gasteiger partial charge in [-0.3, -0.25) is 0 Å². The quantitative estimate of drug-likeness (QED) is 0.891. The van der Waals surface area contributed by atoms with Crippen LogP contribution in [0.4, 0.5) is 0 Å². The smallest absolute Gasteiger partial charge is 0.106 e. The van der Waals surface area contributed by atoms with E-state index in [2.05, 4.69) is 4.72 Å². The van der Waals surface area contributed by atoms with E-state index in [1.54, 1.807) is 12.1 Å². The molecule has 0 aromatic heterocycles. The largest absolute Gasteiger partial charge is 0.383 e. The van der Waals surface area contributed by atoms with Gasteiger partial charge in [0.25, 0.3) is 0 Å². The van der Waals surface area contributed by atoms with Crippen molar-refractivity contribution in [1.29, 1.82) is 0 Å². The van der Waals surface area contributed by atoms with Gasteiger partial charge in [0.2, 0.25) is 0 Å². The molecule has 1 unspecified atom stereocenters. The molecule has 2 N–H and O–H groups in total. The Kier molecular flexibility index (Phi) is 5.14. The van der Waals surface area contributed by atoms with Crippen LogP contribution in [0, 0.1) is 0 Å². The van der Waals surface area contributed by atoms with Crippen molar-refractivity contribution in [2.24, 2.45) is 0 Å². The molecule has 0 radical (unpaired) electrons. The van der Waals surface area contributed by atoms with Crippen LogP contribution in [0.1, 0.15) is 52.0 Å². The van der Waals surface area contributed by atoms with Gasteiger partial charge in [-0.1, -0.05) is 36.6 Å². The summed E-state index contributed by atoms with van der Waals surface area (Å²) < 4.78 is 15.2. The molecule has 1 aromatic carbocycles. The lowest BCUT2D eigenvalue weighted by molar-refractivity contribution is -0.0246. The second kappa shape index (κ2) is 6.37. The molecule has 0 heterocycles. The van der Waals surface area contributed by atoms with Crippen molar-refractivity contribution >= 4 is 22.6 Å². The Labute approximate surface area is 134 Å². The second-order valence-electron chi connectivity index (χ2n) is 6.73. The predicted octanol–water partition coefficient (Wildman–Crippen LogP) is 3.52. The van der Waals surface area contributed by atoms with Crippen molar-refractivity contribution in [1.82, 2.24) is 4.72 Å². The summed E-state index contributed by atoms with van der Waals surface area (Å²) in [4.78, 5) is 0. The number of aliphatic hydroxyl groups is 1. The molecule has 3 nitrogen and oxygen atoms in total. The van der Waals surface area contributed by atoms with E-state index in [1.165, 1.54) is 0 Å². The van der Waals surface area contributed by atoms with Gasteiger partial charge < -0.3 is 5.11 Å². The molecule has 0 spiro atoms. The van der Waals surface area contributed by atoms with Gasteiger partial charge >= 0.3 is 0 Å². The molecule has 2 rings (SSSR count). The van der Waals surface area contributed by atoms with Crippen molar-refractivity contribution in [3.05, 3.63) is 34.9 Å². The van der Waals surface area contributed by atoms with E-state index in [1.807, 2.05) is 32.9 Å². The number of nitrogens with one attached hydrogen (secondary N) is 1. The molecule has 0 bridgehead atoms. The SMILES string of the molecule is CC(C)(C)S(=O)N[C@H]1CCCC[C@@]1(O)c1ccc(Cl)cc1. The molecule has 21 heavy (non-hydrogen) atoms. The normalized spacial score (nSPS) is 28.3. The fourth-order valence-corrected chi connectivity index (χ4v) is 3.75. The molecule has 1 aliphatic rings. The van der Waals surface area contributed by atoms with E-state index in [4.69, 9.17) is 11.6 Å². The maximum Gasteiger partial charge on any atom is 0.106 e. The number of hydrogen-bond acceptors (Lipinski definition) is 2.